The van der Waals surface area contributed by atoms with E-state index in [2.05, 4.69) is 25.1 Å². The Morgan fingerprint density at radius 1 is 0.827 bits per heavy atom. The topological polar surface area (TPSA) is 211 Å². The van der Waals surface area contributed by atoms with E-state index in [1.807, 2.05) is 158 Å². The number of nitrogens with one attached hydrogen (secondary N) is 2. The Balaban J connectivity index is 1.08. The van der Waals surface area contributed by atoms with Crippen LogP contribution in [-0.4, -0.2) is 83.9 Å². The Kier molecular flexibility index (Phi) is 16.1. The van der Waals surface area contributed by atoms with Crippen molar-refractivity contribution in [1.29, 1.82) is 0 Å². The molecule has 382 valence electrons. The van der Waals surface area contributed by atoms with Crippen LogP contribution in [0.5, 0.6) is 0 Å². The van der Waals surface area contributed by atoms with Crippen LogP contribution in [0.15, 0.2) is 191 Å². The quantitative estimate of drug-likeness (QED) is 0.0196. The molecular formula is C57H54N8O7S3. The van der Waals surface area contributed by atoms with Crippen LogP contribution in [0.1, 0.15) is 72.4 Å². The van der Waals surface area contributed by atoms with Crippen molar-refractivity contribution in [3.63, 3.8) is 0 Å². The molecule has 2 aliphatic heterocycles. The molecule has 3 amide bonds. The van der Waals surface area contributed by atoms with Gasteiger partial charge in [0.2, 0.25) is 17.1 Å². The van der Waals surface area contributed by atoms with Crippen LogP contribution in [0.2, 0.25) is 0 Å². The van der Waals surface area contributed by atoms with Gasteiger partial charge in [0.05, 0.1) is 11.7 Å². The monoisotopic (exact) mass is 1060 g/mol. The number of β-lactam (4-membered cyclic amide) rings is 1. The number of nitrogen functional groups attached to an aromatic ring is 1. The summed E-state index contributed by atoms with van der Waals surface area (Å²) in [5.74, 6) is -2.76. The maximum Gasteiger partial charge on any atom is 0.407 e. The van der Waals surface area contributed by atoms with Crippen molar-refractivity contribution in [2.45, 2.75) is 67.0 Å². The van der Waals surface area contributed by atoms with Gasteiger partial charge in [-0.15, -0.1) is 0 Å². The van der Waals surface area contributed by atoms with E-state index < -0.39 is 53.1 Å². The lowest BCUT2D eigenvalue weighted by molar-refractivity contribution is -0.156. The molecule has 0 saturated carbocycles. The van der Waals surface area contributed by atoms with E-state index in [1.54, 1.807) is 44.8 Å². The Morgan fingerprint density at radius 2 is 1.39 bits per heavy atom. The van der Waals surface area contributed by atoms with Crippen molar-refractivity contribution in [1.82, 2.24) is 29.9 Å². The van der Waals surface area contributed by atoms with Gasteiger partial charge < -0.3 is 31.0 Å². The molecule has 75 heavy (non-hydrogen) atoms. The minimum Gasteiger partial charge on any atom is -0.477 e. The number of carboxylic acid groups (broad SMARTS) is 1. The molecule has 0 radical (unpaired) electrons. The van der Waals surface area contributed by atoms with E-state index >= 15 is 0 Å². The third-order valence-corrected chi connectivity index (χ3v) is 15.5. The van der Waals surface area contributed by atoms with Crippen LogP contribution in [0, 0.1) is 5.92 Å². The molecule has 0 spiro atoms. The number of anilines is 1. The molecule has 2 aliphatic rings. The number of nitrogens with two attached hydrogens (primary N) is 1. The zero-order valence-electron chi connectivity index (χ0n) is 41.2. The molecule has 0 bridgehead atoms. The molecule has 0 aliphatic carbocycles. The van der Waals surface area contributed by atoms with Crippen molar-refractivity contribution in [2.24, 2.45) is 11.1 Å². The van der Waals surface area contributed by atoms with Crippen LogP contribution < -0.4 is 16.4 Å². The average molecular weight is 1060 g/mol. The summed E-state index contributed by atoms with van der Waals surface area (Å²) in [5, 5.41) is 21.7. The number of benzene rings is 5. The Bertz CT molecular complexity index is 3060. The first-order valence-electron chi connectivity index (χ1n) is 24.2. The third kappa shape index (κ3) is 11.6. The summed E-state index contributed by atoms with van der Waals surface area (Å²) in [7, 11) is 0. The highest BCUT2D eigenvalue weighted by Gasteiger charge is 2.57. The van der Waals surface area contributed by atoms with Gasteiger partial charge in [-0.2, -0.15) is 21.1 Å². The molecule has 7 aromatic rings. The average Bonchev–Trinajstić information content (AvgIpc) is 3.87. The van der Waals surface area contributed by atoms with Crippen molar-refractivity contribution < 1.29 is 33.9 Å². The summed E-state index contributed by atoms with van der Waals surface area (Å²) in [6, 6.07) is 49.9. The second kappa shape index (κ2) is 23.2. The molecule has 1 fully saturated rings. The highest BCUT2D eigenvalue weighted by atomic mass is 32.2. The smallest absolute Gasteiger partial charge is 0.407 e. The van der Waals surface area contributed by atoms with Gasteiger partial charge in [-0.05, 0) is 50.5 Å². The number of aliphatic carboxylic acids is 1. The van der Waals surface area contributed by atoms with Gasteiger partial charge in [0.25, 0.3) is 11.8 Å². The van der Waals surface area contributed by atoms with Gasteiger partial charge in [-0.25, -0.2) is 9.59 Å². The van der Waals surface area contributed by atoms with E-state index in [0.29, 0.717) is 50.2 Å². The fourth-order valence-electron chi connectivity index (χ4n) is 9.45. The maximum absolute atomic E-state index is 15.0. The van der Waals surface area contributed by atoms with Gasteiger partial charge >= 0.3 is 12.1 Å². The number of rotatable bonds is 19. The Labute approximate surface area is 447 Å². The van der Waals surface area contributed by atoms with Gasteiger partial charge in [0.1, 0.15) is 17.3 Å². The lowest BCUT2D eigenvalue weighted by atomic mass is 9.71. The summed E-state index contributed by atoms with van der Waals surface area (Å²) >= 11 is 3.71. The van der Waals surface area contributed by atoms with Crippen LogP contribution in [-0.2, 0) is 35.3 Å². The largest absolute Gasteiger partial charge is 0.477 e. The standard InChI is InChI=1S/C57H54N8O7S3/c1-56(2,3)71-55(70)60-32-33-73-35-42-44(30-19-31-59-42)74-49-41(45(36-20-9-4-10-21-36)37-22-11-5-12-23-37)34-43-46(52(67)65(43)48(49)53(68)69)61-51(66)47(50-62-54(58)75-64-50)63-72-57(38-24-13-6-14-25-38,39-26-15-7-16-27-39)40-28-17-8-18-29-40/h4-31,41,43,45-46H,32-35H2,1-3H3,(H,60,70)(H,61,66)(H,68,69)(H2,58,62,64)/t41?,43-,46+/m1/s1. The first-order chi connectivity index (χ1) is 36.3. The Hall–Kier alpha value is -7.80. The second-order valence-electron chi connectivity index (χ2n) is 18.7. The summed E-state index contributed by atoms with van der Waals surface area (Å²) in [4.78, 5) is 74.1. The number of carbonyl (C=O) groups excluding carboxylic acids is 3. The normalized spacial score (nSPS) is 16.7. The Morgan fingerprint density at radius 3 is 1.91 bits per heavy atom. The minimum absolute atomic E-state index is 0.0756. The van der Waals surface area contributed by atoms with Crippen LogP contribution in [0.25, 0.3) is 0 Å². The van der Waals surface area contributed by atoms with Gasteiger partial charge in [-0.3, -0.25) is 19.5 Å². The van der Waals surface area contributed by atoms with Crippen LogP contribution in [0.4, 0.5) is 9.93 Å². The van der Waals surface area contributed by atoms with Crippen molar-refractivity contribution in [3.05, 3.63) is 220 Å². The van der Waals surface area contributed by atoms with Crippen LogP contribution >= 0.6 is 35.1 Å². The molecule has 2 aromatic heterocycles. The second-order valence-corrected chi connectivity index (χ2v) is 21.7. The zero-order chi connectivity index (χ0) is 52.5. The number of oxime groups is 1. The van der Waals surface area contributed by atoms with E-state index in [1.165, 1.54) is 16.7 Å². The number of carboxylic acids is 1. The van der Waals surface area contributed by atoms with E-state index in [0.717, 1.165) is 22.7 Å². The summed E-state index contributed by atoms with van der Waals surface area (Å²) in [5.41, 5.74) is 8.31. The zero-order valence-corrected chi connectivity index (χ0v) is 43.7. The van der Waals surface area contributed by atoms with Crippen molar-refractivity contribution in [2.75, 3.05) is 18.0 Å². The fourth-order valence-corrected chi connectivity index (χ4v) is 12.1. The molecule has 3 atom stereocenters. The van der Waals surface area contributed by atoms with Crippen LogP contribution in [0.3, 0.4) is 0 Å². The predicted molar refractivity (Wildman–Crippen MR) is 292 cm³/mol. The summed E-state index contributed by atoms with van der Waals surface area (Å²) in [6.07, 6.45) is 1.44. The van der Waals surface area contributed by atoms with Gasteiger partial charge in [0, 0.05) is 74.1 Å². The highest BCUT2D eigenvalue weighted by Crippen LogP contribution is 2.53. The minimum atomic E-state index is -1.39. The number of ether oxygens (including phenoxy) is 1. The lowest BCUT2D eigenvalue weighted by Gasteiger charge is -2.53. The number of thioether (sulfide) groups is 2. The van der Waals surface area contributed by atoms with Crippen molar-refractivity contribution in [3.8, 4) is 0 Å². The molecule has 9 rings (SSSR count). The number of aromatic nitrogens is 3. The van der Waals surface area contributed by atoms with Gasteiger partial charge in [-0.1, -0.05) is 169 Å². The number of fused-ring (bicyclic) bond motifs is 1. The molecule has 5 N–H and O–H groups in total. The van der Waals surface area contributed by atoms with E-state index in [4.69, 9.17) is 20.3 Å². The van der Waals surface area contributed by atoms with E-state index in [-0.39, 0.29) is 34.7 Å². The number of allylic oxidation sites excluding steroid dienone is 1. The molecular weight excluding hydrogens is 1000 g/mol. The molecule has 15 nitrogen and oxygen atoms in total. The number of carbonyl (C=O) groups is 4. The number of alkyl carbamates (subject to hydrolysis) is 1. The number of nitrogens with zero attached hydrogens (tertiary/aromatic N) is 5. The van der Waals surface area contributed by atoms with E-state index in [9.17, 15) is 24.3 Å². The highest BCUT2D eigenvalue weighted by molar-refractivity contribution is 8.03. The lowest BCUT2D eigenvalue weighted by Crippen LogP contribution is -2.73. The maximum atomic E-state index is 15.0. The summed E-state index contributed by atoms with van der Waals surface area (Å²) < 4.78 is 9.75. The molecule has 4 heterocycles. The number of hydrogen-bond acceptors (Lipinski definition) is 14. The molecule has 1 unspecified atom stereocenters. The SMILES string of the molecule is CC(C)(C)OC(=O)NCCSCc1ncccc1SC1=C(C(=O)O)N2C(=O)[C@@H](NC(=O)C(=NOC(c3ccccc3)(c3ccccc3)c3ccccc3)c3nsc(N)n3)[C@H]2CC1C(c1ccccc1)c1ccccc1. The van der Waals surface area contributed by atoms with Crippen molar-refractivity contribution >= 4 is 69.8 Å². The molecule has 18 heteroatoms. The number of amides is 3. The molecule has 5 aromatic carbocycles. The first-order valence-corrected chi connectivity index (χ1v) is 27.0. The predicted octanol–water partition coefficient (Wildman–Crippen LogP) is 9.62. The number of hydrogen-bond donors (Lipinski definition) is 4. The summed E-state index contributed by atoms with van der Waals surface area (Å²) in [6.45, 7) is 5.77. The first kappa shape index (κ1) is 52.1. The van der Waals surface area contributed by atoms with Gasteiger partial charge in [0.15, 0.2) is 5.13 Å². The third-order valence-electron chi connectivity index (χ3n) is 12.6. The number of pyridine rings is 1. The molecule has 1 saturated heterocycles. The fraction of sp³-hybridized carbons (Fsp3) is 0.228.